The van der Waals surface area contributed by atoms with Crippen molar-refractivity contribution in [3.8, 4) is 22.5 Å². The fourth-order valence-electron chi connectivity index (χ4n) is 4.36. The number of unbranched alkanes of at least 4 members (excludes halogenated alkanes) is 1. The Hall–Kier alpha value is -2.73. The minimum Gasteiger partial charge on any atom is -0.356 e. The predicted octanol–water partition coefficient (Wildman–Crippen LogP) is 8.56. The molecule has 0 aliphatic carbocycles. The zero-order chi connectivity index (χ0) is 26.7. The number of imidazole rings is 1. The van der Waals surface area contributed by atoms with E-state index in [0.29, 0.717) is 29.4 Å². The van der Waals surface area contributed by atoms with Gasteiger partial charge in [0.25, 0.3) is 0 Å². The molecular weight excluding hydrogens is 533 g/mol. The first-order valence-corrected chi connectivity index (χ1v) is 14.9. The van der Waals surface area contributed by atoms with Gasteiger partial charge in [-0.05, 0) is 43.4 Å². The Morgan fingerprint density at radius 1 is 0.947 bits per heavy atom. The number of nitrogens with one attached hydrogen (secondary N) is 1. The molecular formula is C31H33Cl2N3OS. The van der Waals surface area contributed by atoms with Gasteiger partial charge < -0.3 is 9.88 Å². The highest BCUT2D eigenvalue weighted by Gasteiger charge is 2.19. The predicted molar refractivity (Wildman–Crippen MR) is 161 cm³/mol. The van der Waals surface area contributed by atoms with E-state index in [1.807, 2.05) is 24.3 Å². The van der Waals surface area contributed by atoms with Gasteiger partial charge in [0, 0.05) is 46.4 Å². The minimum atomic E-state index is 0.0743. The first-order chi connectivity index (χ1) is 18.6. The molecule has 7 heteroatoms. The second kappa shape index (κ2) is 14.4. The van der Waals surface area contributed by atoms with E-state index in [-0.39, 0.29) is 5.91 Å². The van der Waals surface area contributed by atoms with Crippen molar-refractivity contribution in [1.82, 2.24) is 14.9 Å². The van der Waals surface area contributed by atoms with Crippen LogP contribution in [0.25, 0.3) is 22.5 Å². The highest BCUT2D eigenvalue weighted by Crippen LogP contribution is 2.36. The van der Waals surface area contributed by atoms with Crippen LogP contribution in [0, 0.1) is 0 Å². The van der Waals surface area contributed by atoms with Crippen molar-refractivity contribution in [1.29, 1.82) is 0 Å². The maximum atomic E-state index is 12.3. The van der Waals surface area contributed by atoms with E-state index < -0.39 is 0 Å². The standard InChI is InChI=1S/C31H33Cl2N3OS/c1-2-20-36-30(25-13-7-4-8-14-25)29(24-11-5-3-6-12-24)35-31(36)38-21-10-9-15-28(37)34-19-18-23-16-17-26(32)22-27(23)33/h3-8,11-14,16-17,22H,2,9-10,15,18-21H2,1H3,(H,34,37). The second-order valence-corrected chi connectivity index (χ2v) is 11.0. The molecule has 4 nitrogen and oxygen atoms in total. The summed E-state index contributed by atoms with van der Waals surface area (Å²) >= 11 is 13.9. The molecule has 0 bridgehead atoms. The number of nitrogens with zero attached hydrogens (tertiary/aromatic N) is 2. The summed E-state index contributed by atoms with van der Waals surface area (Å²) in [5.74, 6) is 0.988. The Kier molecular flexibility index (Phi) is 10.7. The fraction of sp³-hybridized carbons (Fsp3) is 0.290. The number of carbonyl (C=O) groups excluding carboxylic acids is 1. The Balaban J connectivity index is 1.33. The molecule has 198 valence electrons. The summed E-state index contributed by atoms with van der Waals surface area (Å²) in [6.45, 7) is 3.67. The largest absolute Gasteiger partial charge is 0.356 e. The lowest BCUT2D eigenvalue weighted by atomic mass is 10.0. The van der Waals surface area contributed by atoms with Crippen molar-refractivity contribution in [2.75, 3.05) is 12.3 Å². The molecule has 1 amide bonds. The van der Waals surface area contributed by atoms with Gasteiger partial charge in [-0.1, -0.05) is 109 Å². The molecule has 0 atom stereocenters. The number of rotatable bonds is 13. The van der Waals surface area contributed by atoms with E-state index in [1.165, 1.54) is 11.3 Å². The second-order valence-electron chi connectivity index (χ2n) is 9.12. The first kappa shape index (κ1) is 28.3. The number of aromatic nitrogens is 2. The van der Waals surface area contributed by atoms with E-state index in [1.54, 1.807) is 17.8 Å². The van der Waals surface area contributed by atoms with Crippen molar-refractivity contribution in [3.05, 3.63) is 94.5 Å². The van der Waals surface area contributed by atoms with Gasteiger partial charge in [-0.3, -0.25) is 4.79 Å². The van der Waals surface area contributed by atoms with Crippen molar-refractivity contribution in [2.24, 2.45) is 0 Å². The molecule has 0 aliphatic heterocycles. The molecule has 0 radical (unpaired) electrons. The van der Waals surface area contributed by atoms with Gasteiger partial charge >= 0.3 is 0 Å². The van der Waals surface area contributed by atoms with Crippen molar-refractivity contribution in [3.63, 3.8) is 0 Å². The number of benzene rings is 3. The number of carbonyl (C=O) groups is 1. The molecule has 3 aromatic carbocycles. The van der Waals surface area contributed by atoms with Crippen LogP contribution in [0.4, 0.5) is 0 Å². The van der Waals surface area contributed by atoms with Crippen molar-refractivity contribution in [2.45, 2.75) is 50.7 Å². The molecule has 0 unspecified atom stereocenters. The monoisotopic (exact) mass is 565 g/mol. The van der Waals surface area contributed by atoms with Crippen LogP contribution in [0.1, 0.15) is 38.2 Å². The van der Waals surface area contributed by atoms with Crippen LogP contribution in [0.15, 0.2) is 84.0 Å². The van der Waals surface area contributed by atoms with Crippen LogP contribution >= 0.6 is 35.0 Å². The zero-order valence-corrected chi connectivity index (χ0v) is 24.0. The molecule has 0 saturated heterocycles. The third-order valence-electron chi connectivity index (χ3n) is 6.24. The maximum absolute atomic E-state index is 12.3. The molecule has 0 fully saturated rings. The number of hydrogen-bond acceptors (Lipinski definition) is 3. The third-order valence-corrected chi connectivity index (χ3v) is 7.88. The lowest BCUT2D eigenvalue weighted by molar-refractivity contribution is -0.121. The molecule has 0 spiro atoms. The smallest absolute Gasteiger partial charge is 0.220 e. The molecule has 0 saturated carbocycles. The number of thioether (sulfide) groups is 1. The lowest BCUT2D eigenvalue weighted by Crippen LogP contribution is -2.25. The Bertz CT molecular complexity index is 1330. The van der Waals surface area contributed by atoms with E-state index >= 15 is 0 Å². The van der Waals surface area contributed by atoms with Gasteiger partial charge in [-0.25, -0.2) is 4.98 Å². The van der Waals surface area contributed by atoms with Crippen LogP contribution in [0.5, 0.6) is 0 Å². The topological polar surface area (TPSA) is 46.9 Å². The molecule has 1 N–H and O–H groups in total. The molecule has 4 aromatic rings. The van der Waals surface area contributed by atoms with E-state index in [2.05, 4.69) is 65.3 Å². The lowest BCUT2D eigenvalue weighted by Gasteiger charge is -2.12. The van der Waals surface area contributed by atoms with Gasteiger partial charge in [-0.15, -0.1) is 0 Å². The summed E-state index contributed by atoms with van der Waals surface area (Å²) in [7, 11) is 0. The minimum absolute atomic E-state index is 0.0743. The van der Waals surface area contributed by atoms with E-state index in [0.717, 1.165) is 53.5 Å². The van der Waals surface area contributed by atoms with Gasteiger partial charge in [0.2, 0.25) is 5.91 Å². The van der Waals surface area contributed by atoms with E-state index in [9.17, 15) is 4.79 Å². The van der Waals surface area contributed by atoms with Crippen LogP contribution in [-0.2, 0) is 17.8 Å². The molecule has 38 heavy (non-hydrogen) atoms. The normalized spacial score (nSPS) is 11.0. The maximum Gasteiger partial charge on any atom is 0.220 e. The number of hydrogen-bond donors (Lipinski definition) is 1. The summed E-state index contributed by atoms with van der Waals surface area (Å²) in [6, 6.07) is 26.4. The summed E-state index contributed by atoms with van der Waals surface area (Å²) in [5, 5.41) is 5.29. The summed E-state index contributed by atoms with van der Waals surface area (Å²) < 4.78 is 2.36. The summed E-state index contributed by atoms with van der Waals surface area (Å²) in [5.41, 5.74) is 5.48. The summed E-state index contributed by atoms with van der Waals surface area (Å²) in [4.78, 5) is 17.4. The zero-order valence-electron chi connectivity index (χ0n) is 21.6. The quantitative estimate of drug-likeness (QED) is 0.130. The number of halogens is 2. The molecule has 1 aromatic heterocycles. The van der Waals surface area contributed by atoms with Crippen molar-refractivity contribution < 1.29 is 4.79 Å². The van der Waals surface area contributed by atoms with Gasteiger partial charge in [0.1, 0.15) is 0 Å². The van der Waals surface area contributed by atoms with Crippen LogP contribution in [-0.4, -0.2) is 27.8 Å². The average molecular weight is 567 g/mol. The van der Waals surface area contributed by atoms with Crippen LogP contribution in [0.2, 0.25) is 10.0 Å². The SMILES string of the molecule is CCCn1c(SCCCCC(=O)NCCc2ccc(Cl)cc2Cl)nc(-c2ccccc2)c1-c1ccccc1. The van der Waals surface area contributed by atoms with Gasteiger partial charge in [0.05, 0.1) is 11.4 Å². The first-order valence-electron chi connectivity index (χ1n) is 13.1. The molecule has 0 aliphatic rings. The Morgan fingerprint density at radius 2 is 1.66 bits per heavy atom. The van der Waals surface area contributed by atoms with Crippen molar-refractivity contribution >= 4 is 40.9 Å². The molecule has 1 heterocycles. The summed E-state index contributed by atoms with van der Waals surface area (Å²) in [6.07, 6.45) is 4.01. The molecule has 4 rings (SSSR count). The fourth-order valence-corrected chi connectivity index (χ4v) is 5.89. The highest BCUT2D eigenvalue weighted by atomic mass is 35.5. The Morgan fingerprint density at radius 3 is 2.34 bits per heavy atom. The third kappa shape index (κ3) is 7.66. The van der Waals surface area contributed by atoms with Gasteiger partial charge in [-0.2, -0.15) is 0 Å². The number of amides is 1. The van der Waals surface area contributed by atoms with E-state index in [4.69, 9.17) is 28.2 Å². The Labute approximate surface area is 239 Å². The average Bonchev–Trinajstić information content (AvgIpc) is 3.29. The van der Waals surface area contributed by atoms with Crippen LogP contribution in [0.3, 0.4) is 0 Å². The van der Waals surface area contributed by atoms with Crippen LogP contribution < -0.4 is 5.32 Å². The highest BCUT2D eigenvalue weighted by molar-refractivity contribution is 7.99. The van der Waals surface area contributed by atoms with Gasteiger partial charge in [0.15, 0.2) is 5.16 Å².